The number of carbonyl (C=O) groups excluding carboxylic acids is 1. The van der Waals surface area contributed by atoms with Gasteiger partial charge in [-0.2, -0.15) is 0 Å². The van der Waals surface area contributed by atoms with Crippen LogP contribution in [0.15, 0.2) is 10.9 Å². The molecule has 0 spiro atoms. The highest BCUT2D eigenvalue weighted by Gasteiger charge is 2.39. The van der Waals surface area contributed by atoms with Crippen LogP contribution in [0.4, 0.5) is 0 Å². The second-order valence-electron chi connectivity index (χ2n) is 8.20. The fourth-order valence-electron chi connectivity index (χ4n) is 3.71. The van der Waals surface area contributed by atoms with Crippen molar-refractivity contribution in [1.29, 1.82) is 0 Å². The van der Waals surface area contributed by atoms with Crippen LogP contribution in [0.1, 0.15) is 49.4 Å². The minimum atomic E-state index is -0.152. The number of fused-ring (bicyclic) bond motifs is 2. The van der Waals surface area contributed by atoms with Crippen molar-refractivity contribution in [3.8, 4) is 0 Å². The summed E-state index contributed by atoms with van der Waals surface area (Å²) in [5.41, 5.74) is 2.33. The van der Waals surface area contributed by atoms with Crippen LogP contribution >= 0.6 is 0 Å². The van der Waals surface area contributed by atoms with Crippen LogP contribution in [0.2, 0.25) is 0 Å². The van der Waals surface area contributed by atoms with Gasteiger partial charge in [-0.15, -0.1) is 0 Å². The Labute approximate surface area is 146 Å². The van der Waals surface area contributed by atoms with Gasteiger partial charge >= 0.3 is 0 Å². The molecule has 7 nitrogen and oxygen atoms in total. The largest absolute Gasteiger partial charge is 0.332 e. The van der Waals surface area contributed by atoms with Gasteiger partial charge in [0, 0.05) is 42.9 Å². The van der Waals surface area contributed by atoms with Gasteiger partial charge in [0.15, 0.2) is 5.65 Å². The molecule has 2 aromatic heterocycles. The molecule has 1 saturated heterocycles. The number of rotatable bonds is 3. The van der Waals surface area contributed by atoms with E-state index in [0.29, 0.717) is 35.9 Å². The highest BCUT2D eigenvalue weighted by Crippen LogP contribution is 2.28. The highest BCUT2D eigenvalue weighted by atomic mass is 16.2. The van der Waals surface area contributed by atoms with E-state index < -0.39 is 0 Å². The molecule has 25 heavy (non-hydrogen) atoms. The first-order valence-electron chi connectivity index (χ1n) is 8.95. The Balaban J connectivity index is 1.54. The minimum Gasteiger partial charge on any atom is -0.332 e. The predicted molar refractivity (Wildman–Crippen MR) is 94.7 cm³/mol. The molecular weight excluding hydrogens is 318 g/mol. The van der Waals surface area contributed by atoms with Crippen molar-refractivity contribution in [3.63, 3.8) is 0 Å². The van der Waals surface area contributed by atoms with Gasteiger partial charge in [-0.05, 0) is 27.2 Å². The smallest absolute Gasteiger partial charge is 0.278 e. The molecule has 1 fully saturated rings. The van der Waals surface area contributed by atoms with Crippen LogP contribution in [-0.2, 0) is 13.0 Å². The molecule has 2 aromatic rings. The molecule has 0 radical (unpaired) electrons. The Hall–Kier alpha value is -2.15. The average molecular weight is 343 g/mol. The molecule has 1 amide bonds. The summed E-state index contributed by atoms with van der Waals surface area (Å²) < 4.78 is 1.46. The maximum absolute atomic E-state index is 12.7. The van der Waals surface area contributed by atoms with Gasteiger partial charge in [-0.25, -0.2) is 9.50 Å². The first-order valence-corrected chi connectivity index (χ1v) is 8.95. The second kappa shape index (κ2) is 5.42. The summed E-state index contributed by atoms with van der Waals surface area (Å²) in [5, 5.41) is 3.06. The van der Waals surface area contributed by atoms with Crippen LogP contribution < -0.4 is 5.56 Å². The topological polar surface area (TPSA) is 73.7 Å². The number of aryl methyl sites for hydroxylation is 1. The fourth-order valence-corrected chi connectivity index (χ4v) is 3.71. The van der Waals surface area contributed by atoms with Crippen molar-refractivity contribution in [1.82, 2.24) is 24.4 Å². The SMILES string of the molecule is CCc1cc2nc3c(c(=O)n2[nH]1)CN(CC1CN(C(C)(C)C)C1)C3=O. The first kappa shape index (κ1) is 16.3. The van der Waals surface area contributed by atoms with Gasteiger partial charge in [-0.1, -0.05) is 6.92 Å². The molecular formula is C18H25N5O2. The van der Waals surface area contributed by atoms with Gasteiger partial charge in [0.25, 0.3) is 11.5 Å². The molecule has 2 aliphatic heterocycles. The molecule has 0 atom stereocenters. The number of carbonyl (C=O) groups is 1. The van der Waals surface area contributed by atoms with Crippen molar-refractivity contribution in [2.24, 2.45) is 5.92 Å². The van der Waals surface area contributed by atoms with E-state index in [1.807, 2.05) is 13.0 Å². The lowest BCUT2D eigenvalue weighted by molar-refractivity contribution is -0.000260. The summed E-state index contributed by atoms with van der Waals surface area (Å²) in [5.74, 6) is 0.361. The van der Waals surface area contributed by atoms with Crippen LogP contribution in [0.25, 0.3) is 5.65 Å². The molecule has 0 unspecified atom stereocenters. The summed E-state index contributed by atoms with van der Waals surface area (Å²) in [6.45, 7) is 11.7. The number of likely N-dealkylation sites (tertiary alicyclic amines) is 1. The number of aromatic amines is 1. The van der Waals surface area contributed by atoms with Crippen molar-refractivity contribution >= 4 is 11.6 Å². The van der Waals surface area contributed by atoms with Gasteiger partial charge in [0.1, 0.15) is 5.69 Å². The van der Waals surface area contributed by atoms with Crippen LogP contribution in [-0.4, -0.2) is 55.5 Å². The maximum atomic E-state index is 12.7. The molecule has 7 heteroatoms. The summed E-state index contributed by atoms with van der Waals surface area (Å²) in [7, 11) is 0. The summed E-state index contributed by atoms with van der Waals surface area (Å²) in [6.07, 6.45) is 0.791. The molecule has 2 aliphatic rings. The third-order valence-corrected chi connectivity index (χ3v) is 5.37. The normalized spacial score (nSPS) is 18.9. The highest BCUT2D eigenvalue weighted by molar-refractivity contribution is 5.96. The number of H-pyrrole nitrogens is 1. The Morgan fingerprint density at radius 2 is 2.00 bits per heavy atom. The molecule has 0 aromatic carbocycles. The minimum absolute atomic E-state index is 0.108. The predicted octanol–water partition coefficient (Wildman–Crippen LogP) is 1.27. The summed E-state index contributed by atoms with van der Waals surface area (Å²) >= 11 is 0. The summed E-state index contributed by atoms with van der Waals surface area (Å²) in [6, 6.07) is 1.84. The number of hydrogen-bond donors (Lipinski definition) is 1. The van der Waals surface area contributed by atoms with E-state index in [0.717, 1.165) is 25.2 Å². The third-order valence-electron chi connectivity index (χ3n) is 5.37. The zero-order chi connectivity index (χ0) is 17.9. The standard InChI is InChI=1S/C18H25N5O2/c1-5-12-6-14-19-15-13(16(24)23(14)20-12)10-21(17(15)25)7-11-8-22(9-11)18(2,3)4/h6,11,20H,5,7-10H2,1-4H3. The van der Waals surface area contributed by atoms with Crippen molar-refractivity contribution in [2.75, 3.05) is 19.6 Å². The van der Waals surface area contributed by atoms with E-state index in [2.05, 4.69) is 35.8 Å². The van der Waals surface area contributed by atoms with E-state index in [1.54, 1.807) is 4.90 Å². The van der Waals surface area contributed by atoms with Gasteiger partial charge in [0.05, 0.1) is 12.1 Å². The molecule has 4 rings (SSSR count). The zero-order valence-corrected chi connectivity index (χ0v) is 15.3. The Morgan fingerprint density at radius 3 is 2.64 bits per heavy atom. The monoisotopic (exact) mass is 343 g/mol. The average Bonchev–Trinajstić information content (AvgIpc) is 3.04. The fraction of sp³-hybridized carbons (Fsp3) is 0.611. The molecule has 134 valence electrons. The second-order valence-corrected chi connectivity index (χ2v) is 8.20. The van der Waals surface area contributed by atoms with E-state index in [9.17, 15) is 9.59 Å². The molecule has 1 N–H and O–H groups in total. The number of nitrogens with one attached hydrogen (secondary N) is 1. The quantitative estimate of drug-likeness (QED) is 0.911. The lowest BCUT2D eigenvalue weighted by atomic mass is 9.92. The van der Waals surface area contributed by atoms with Gasteiger partial charge in [0.2, 0.25) is 0 Å². The molecule has 0 bridgehead atoms. The number of aromatic nitrogens is 3. The summed E-state index contributed by atoms with van der Waals surface area (Å²) in [4.78, 5) is 34.1. The third kappa shape index (κ3) is 2.57. The van der Waals surface area contributed by atoms with Crippen LogP contribution in [0, 0.1) is 5.92 Å². The van der Waals surface area contributed by atoms with Crippen molar-refractivity contribution in [3.05, 3.63) is 33.4 Å². The Kier molecular flexibility index (Phi) is 3.54. The van der Waals surface area contributed by atoms with Gasteiger partial charge in [-0.3, -0.25) is 19.6 Å². The Morgan fingerprint density at radius 1 is 1.28 bits per heavy atom. The van der Waals surface area contributed by atoms with E-state index in [1.165, 1.54) is 4.52 Å². The van der Waals surface area contributed by atoms with Crippen LogP contribution in [0.5, 0.6) is 0 Å². The Bertz CT molecular complexity index is 899. The lowest BCUT2D eigenvalue weighted by Crippen LogP contribution is -2.58. The zero-order valence-electron chi connectivity index (χ0n) is 15.3. The molecule has 0 aliphatic carbocycles. The van der Waals surface area contributed by atoms with Crippen molar-refractivity contribution < 1.29 is 4.79 Å². The molecule has 4 heterocycles. The van der Waals surface area contributed by atoms with Gasteiger partial charge < -0.3 is 4.90 Å². The number of amides is 1. The van der Waals surface area contributed by atoms with Crippen molar-refractivity contribution in [2.45, 2.75) is 46.2 Å². The number of nitrogens with zero attached hydrogens (tertiary/aromatic N) is 4. The maximum Gasteiger partial charge on any atom is 0.278 e. The molecule has 0 saturated carbocycles. The van der Waals surface area contributed by atoms with Crippen LogP contribution in [0.3, 0.4) is 0 Å². The van der Waals surface area contributed by atoms with E-state index in [-0.39, 0.29) is 17.0 Å². The number of hydrogen-bond acceptors (Lipinski definition) is 4. The van der Waals surface area contributed by atoms with E-state index >= 15 is 0 Å². The first-order chi connectivity index (χ1) is 11.8. The van der Waals surface area contributed by atoms with E-state index in [4.69, 9.17) is 0 Å². The lowest BCUT2D eigenvalue weighted by Gasteiger charge is -2.48.